The highest BCUT2D eigenvalue weighted by atomic mass is 32.1. The number of nitrogens with zero attached hydrogens (tertiary/aromatic N) is 3. The van der Waals surface area contributed by atoms with Crippen LogP contribution in [-0.4, -0.2) is 33.9 Å². The molecule has 1 aliphatic heterocycles. The highest BCUT2D eigenvalue weighted by Crippen LogP contribution is 2.23. The molecule has 3 rings (SSSR count). The molecule has 1 atom stereocenters. The van der Waals surface area contributed by atoms with Crippen LogP contribution < -0.4 is 0 Å². The summed E-state index contributed by atoms with van der Waals surface area (Å²) in [5.41, 5.74) is 3.33. The minimum absolute atomic E-state index is 0.244. The quantitative estimate of drug-likeness (QED) is 0.854. The van der Waals surface area contributed by atoms with Crippen molar-refractivity contribution in [2.75, 3.05) is 13.1 Å². The van der Waals surface area contributed by atoms with Crippen molar-refractivity contribution in [1.82, 2.24) is 14.9 Å². The van der Waals surface area contributed by atoms with E-state index >= 15 is 0 Å². The first-order valence-corrected chi connectivity index (χ1v) is 9.45. The number of rotatable bonds is 4. The first kappa shape index (κ1) is 17.1. The molecule has 2 aromatic rings. The average Bonchev–Trinajstić information content (AvgIpc) is 2.87. The zero-order chi connectivity index (χ0) is 17.1. The fourth-order valence-corrected chi connectivity index (χ4v) is 4.33. The van der Waals surface area contributed by atoms with Gasteiger partial charge in [0, 0.05) is 29.9 Å². The Balaban J connectivity index is 1.59. The van der Waals surface area contributed by atoms with Crippen LogP contribution in [0.1, 0.15) is 39.7 Å². The van der Waals surface area contributed by atoms with Gasteiger partial charge >= 0.3 is 0 Å². The SMILES string of the molecule is Cc1ccc(CC2CCCN(C(=O)Cc3sc(C)nc3C)C2)cn1. The van der Waals surface area contributed by atoms with E-state index in [1.807, 2.05) is 31.9 Å². The van der Waals surface area contributed by atoms with E-state index < -0.39 is 0 Å². The number of amides is 1. The molecule has 24 heavy (non-hydrogen) atoms. The van der Waals surface area contributed by atoms with E-state index in [0.717, 1.165) is 47.2 Å². The number of carbonyl (C=O) groups is 1. The Kier molecular flexibility index (Phi) is 5.29. The molecule has 0 aromatic carbocycles. The van der Waals surface area contributed by atoms with Crippen LogP contribution in [0, 0.1) is 26.7 Å². The number of thiazole rings is 1. The molecule has 4 nitrogen and oxygen atoms in total. The minimum Gasteiger partial charge on any atom is -0.342 e. The molecule has 0 aliphatic carbocycles. The zero-order valence-electron chi connectivity index (χ0n) is 14.7. The highest BCUT2D eigenvalue weighted by molar-refractivity contribution is 7.11. The predicted molar refractivity (Wildman–Crippen MR) is 97.3 cm³/mol. The van der Waals surface area contributed by atoms with Crippen LogP contribution in [0.4, 0.5) is 0 Å². The lowest BCUT2D eigenvalue weighted by Crippen LogP contribution is -2.41. The molecule has 1 unspecified atom stereocenters. The van der Waals surface area contributed by atoms with Crippen LogP contribution in [0.15, 0.2) is 18.3 Å². The Morgan fingerprint density at radius 2 is 2.17 bits per heavy atom. The topological polar surface area (TPSA) is 46.1 Å². The maximum atomic E-state index is 12.7. The number of aromatic nitrogens is 2. The molecular formula is C19H25N3OS. The van der Waals surface area contributed by atoms with Crippen molar-refractivity contribution in [2.24, 2.45) is 5.92 Å². The molecule has 5 heteroatoms. The summed E-state index contributed by atoms with van der Waals surface area (Å²) in [6, 6.07) is 4.22. The van der Waals surface area contributed by atoms with Crippen LogP contribution in [0.25, 0.3) is 0 Å². The largest absolute Gasteiger partial charge is 0.342 e. The fourth-order valence-electron chi connectivity index (χ4n) is 3.40. The molecule has 3 heterocycles. The van der Waals surface area contributed by atoms with E-state index in [1.54, 1.807) is 11.3 Å². The molecule has 0 spiro atoms. The maximum absolute atomic E-state index is 12.7. The fraction of sp³-hybridized carbons (Fsp3) is 0.526. The predicted octanol–water partition coefficient (Wildman–Crippen LogP) is 3.49. The Morgan fingerprint density at radius 3 is 2.83 bits per heavy atom. The molecule has 1 aliphatic rings. The van der Waals surface area contributed by atoms with Gasteiger partial charge in [-0.25, -0.2) is 4.98 Å². The second-order valence-electron chi connectivity index (χ2n) is 6.78. The number of likely N-dealkylation sites (tertiary alicyclic amines) is 1. The van der Waals surface area contributed by atoms with Gasteiger partial charge in [0.25, 0.3) is 0 Å². The lowest BCUT2D eigenvalue weighted by Gasteiger charge is -2.33. The number of piperidine rings is 1. The molecule has 0 saturated carbocycles. The van der Waals surface area contributed by atoms with Crippen molar-refractivity contribution >= 4 is 17.2 Å². The average molecular weight is 343 g/mol. The van der Waals surface area contributed by atoms with Crippen LogP contribution in [0.3, 0.4) is 0 Å². The summed E-state index contributed by atoms with van der Waals surface area (Å²) >= 11 is 1.64. The van der Waals surface area contributed by atoms with Crippen LogP contribution in [0.5, 0.6) is 0 Å². The summed E-state index contributed by atoms with van der Waals surface area (Å²) in [6.07, 6.45) is 5.76. The molecular weight excluding hydrogens is 318 g/mol. The van der Waals surface area contributed by atoms with Gasteiger partial charge in [-0.1, -0.05) is 6.07 Å². The van der Waals surface area contributed by atoms with Crippen LogP contribution in [0.2, 0.25) is 0 Å². The van der Waals surface area contributed by atoms with Gasteiger partial charge in [-0.15, -0.1) is 11.3 Å². The van der Waals surface area contributed by atoms with E-state index in [9.17, 15) is 4.79 Å². The normalized spacial score (nSPS) is 18.0. The molecule has 0 bridgehead atoms. The van der Waals surface area contributed by atoms with Gasteiger partial charge < -0.3 is 4.90 Å². The van der Waals surface area contributed by atoms with E-state index in [-0.39, 0.29) is 5.91 Å². The van der Waals surface area contributed by atoms with Gasteiger partial charge in [0.1, 0.15) is 0 Å². The number of pyridine rings is 1. The smallest absolute Gasteiger partial charge is 0.227 e. The van der Waals surface area contributed by atoms with Gasteiger partial charge in [-0.2, -0.15) is 0 Å². The monoisotopic (exact) mass is 343 g/mol. The Bertz CT molecular complexity index is 708. The lowest BCUT2D eigenvalue weighted by molar-refractivity contribution is -0.132. The summed E-state index contributed by atoms with van der Waals surface area (Å²) in [5, 5.41) is 1.04. The van der Waals surface area contributed by atoms with Crippen LogP contribution >= 0.6 is 11.3 Å². The van der Waals surface area contributed by atoms with Crippen molar-refractivity contribution < 1.29 is 4.79 Å². The van der Waals surface area contributed by atoms with Crippen molar-refractivity contribution in [3.05, 3.63) is 45.2 Å². The molecule has 1 saturated heterocycles. The lowest BCUT2D eigenvalue weighted by atomic mass is 9.91. The van der Waals surface area contributed by atoms with Gasteiger partial charge in [0.05, 0.1) is 17.1 Å². The maximum Gasteiger partial charge on any atom is 0.227 e. The Morgan fingerprint density at radius 1 is 1.33 bits per heavy atom. The first-order chi connectivity index (χ1) is 11.5. The zero-order valence-corrected chi connectivity index (χ0v) is 15.5. The third-order valence-electron chi connectivity index (χ3n) is 4.68. The van der Waals surface area contributed by atoms with Gasteiger partial charge in [0.15, 0.2) is 0 Å². The van der Waals surface area contributed by atoms with Crippen LogP contribution in [-0.2, 0) is 17.6 Å². The van der Waals surface area contributed by atoms with Crippen molar-refractivity contribution in [3.8, 4) is 0 Å². The summed E-state index contributed by atoms with van der Waals surface area (Å²) in [5.74, 6) is 0.782. The molecule has 1 amide bonds. The van der Waals surface area contributed by atoms with E-state index in [4.69, 9.17) is 0 Å². The minimum atomic E-state index is 0.244. The highest BCUT2D eigenvalue weighted by Gasteiger charge is 2.24. The van der Waals surface area contributed by atoms with Gasteiger partial charge in [-0.05, 0) is 57.6 Å². The van der Waals surface area contributed by atoms with Gasteiger partial charge in [0.2, 0.25) is 5.91 Å². The Labute approximate surface area is 147 Å². The summed E-state index contributed by atoms with van der Waals surface area (Å²) in [4.78, 5) is 24.6. The molecule has 2 aromatic heterocycles. The van der Waals surface area contributed by atoms with Crippen molar-refractivity contribution in [1.29, 1.82) is 0 Å². The molecule has 0 radical (unpaired) electrons. The second-order valence-corrected chi connectivity index (χ2v) is 8.07. The summed E-state index contributed by atoms with van der Waals surface area (Å²) in [7, 11) is 0. The molecule has 1 fully saturated rings. The second kappa shape index (κ2) is 7.43. The standard InChI is InChI=1S/C19H25N3OS/c1-13-6-7-16(11-20-13)9-17-5-4-8-22(12-17)19(23)10-18-14(2)21-15(3)24-18/h6-7,11,17H,4-5,8-10,12H2,1-3H3. The van der Waals surface area contributed by atoms with E-state index in [2.05, 4.69) is 22.1 Å². The third-order valence-corrected chi connectivity index (χ3v) is 5.75. The summed E-state index contributed by atoms with van der Waals surface area (Å²) in [6.45, 7) is 7.75. The summed E-state index contributed by atoms with van der Waals surface area (Å²) < 4.78 is 0. The Hall–Kier alpha value is -1.75. The van der Waals surface area contributed by atoms with Crippen molar-refractivity contribution in [3.63, 3.8) is 0 Å². The van der Waals surface area contributed by atoms with Crippen molar-refractivity contribution in [2.45, 2.75) is 46.5 Å². The number of carbonyl (C=O) groups excluding carboxylic acids is 1. The third kappa shape index (κ3) is 4.20. The molecule has 128 valence electrons. The molecule has 0 N–H and O–H groups in total. The van der Waals surface area contributed by atoms with E-state index in [1.165, 1.54) is 12.0 Å². The first-order valence-electron chi connectivity index (χ1n) is 8.63. The van der Waals surface area contributed by atoms with E-state index in [0.29, 0.717) is 12.3 Å². The number of hydrogen-bond donors (Lipinski definition) is 0. The number of hydrogen-bond acceptors (Lipinski definition) is 4. The number of aryl methyl sites for hydroxylation is 3. The van der Waals surface area contributed by atoms with Gasteiger partial charge in [-0.3, -0.25) is 9.78 Å².